The van der Waals surface area contributed by atoms with Crippen LogP contribution in [0.25, 0.3) is 0 Å². The lowest BCUT2D eigenvalue weighted by Gasteiger charge is -2.14. The Balaban J connectivity index is 1.59. The van der Waals surface area contributed by atoms with E-state index in [2.05, 4.69) is 10.3 Å². The molecule has 5 heteroatoms. The maximum Gasteiger partial charge on any atom is 0.261 e. The minimum Gasteiger partial charge on any atom is -0.480 e. The van der Waals surface area contributed by atoms with Crippen molar-refractivity contribution < 1.29 is 9.53 Å². The van der Waals surface area contributed by atoms with Crippen molar-refractivity contribution in [2.45, 2.75) is 19.1 Å². The standard InChI is InChI=1S/C17H19N3O2/c1-20(2)16-9-12(7-8-18-16)11-19-17(21)15-10-13-5-3-4-6-14(13)22-15/h3-9,15H,10-11H2,1-2H3,(H,19,21)/t15-/m0/s1. The molecule has 0 saturated heterocycles. The van der Waals surface area contributed by atoms with E-state index in [0.29, 0.717) is 13.0 Å². The Morgan fingerprint density at radius 2 is 2.18 bits per heavy atom. The number of aromatic nitrogens is 1. The number of fused-ring (bicyclic) bond motifs is 1. The Morgan fingerprint density at radius 1 is 1.36 bits per heavy atom. The predicted octanol–water partition coefficient (Wildman–Crippen LogP) is 1.77. The van der Waals surface area contributed by atoms with Gasteiger partial charge in [-0.3, -0.25) is 4.79 Å². The minimum absolute atomic E-state index is 0.0839. The van der Waals surface area contributed by atoms with Gasteiger partial charge in [0.1, 0.15) is 11.6 Å². The second-order valence-corrected chi connectivity index (χ2v) is 5.55. The second kappa shape index (κ2) is 6.05. The van der Waals surface area contributed by atoms with Gasteiger partial charge in [-0.15, -0.1) is 0 Å². The molecule has 0 fully saturated rings. The molecule has 1 aliphatic rings. The van der Waals surface area contributed by atoms with E-state index in [-0.39, 0.29) is 5.91 Å². The number of nitrogens with zero attached hydrogens (tertiary/aromatic N) is 2. The first kappa shape index (κ1) is 14.4. The van der Waals surface area contributed by atoms with Crippen LogP contribution in [0.1, 0.15) is 11.1 Å². The van der Waals surface area contributed by atoms with E-state index in [4.69, 9.17) is 4.74 Å². The van der Waals surface area contributed by atoms with Crippen LogP contribution < -0.4 is 15.0 Å². The molecule has 114 valence electrons. The zero-order valence-corrected chi connectivity index (χ0v) is 12.7. The Morgan fingerprint density at radius 3 is 2.95 bits per heavy atom. The Hall–Kier alpha value is -2.56. The average Bonchev–Trinajstić information content (AvgIpc) is 2.97. The van der Waals surface area contributed by atoms with E-state index in [1.54, 1.807) is 6.20 Å². The molecular formula is C17H19N3O2. The fourth-order valence-corrected chi connectivity index (χ4v) is 2.45. The van der Waals surface area contributed by atoms with Gasteiger partial charge < -0.3 is 15.0 Å². The van der Waals surface area contributed by atoms with Crippen LogP contribution in [0.15, 0.2) is 42.6 Å². The molecule has 3 rings (SSSR count). The van der Waals surface area contributed by atoms with Crippen molar-refractivity contribution >= 4 is 11.7 Å². The first-order chi connectivity index (χ1) is 10.6. The van der Waals surface area contributed by atoms with Crippen molar-refractivity contribution in [3.63, 3.8) is 0 Å². The lowest BCUT2D eigenvalue weighted by molar-refractivity contribution is -0.127. The molecule has 5 nitrogen and oxygen atoms in total. The Labute approximate surface area is 129 Å². The largest absolute Gasteiger partial charge is 0.480 e. The van der Waals surface area contributed by atoms with Crippen LogP contribution >= 0.6 is 0 Å². The highest BCUT2D eigenvalue weighted by Gasteiger charge is 2.28. The van der Waals surface area contributed by atoms with Crippen molar-refractivity contribution in [1.29, 1.82) is 0 Å². The quantitative estimate of drug-likeness (QED) is 0.934. The van der Waals surface area contributed by atoms with Gasteiger partial charge in [-0.1, -0.05) is 18.2 Å². The topological polar surface area (TPSA) is 54.5 Å². The number of nitrogens with one attached hydrogen (secondary N) is 1. The van der Waals surface area contributed by atoms with Crippen molar-refractivity contribution in [3.8, 4) is 5.75 Å². The number of amides is 1. The third kappa shape index (κ3) is 3.03. The lowest BCUT2D eigenvalue weighted by Crippen LogP contribution is -2.37. The molecule has 2 heterocycles. The maximum absolute atomic E-state index is 12.2. The molecule has 0 unspecified atom stereocenters. The molecule has 1 aliphatic heterocycles. The van der Waals surface area contributed by atoms with Crippen LogP contribution in [0.3, 0.4) is 0 Å². The third-order valence-corrected chi connectivity index (χ3v) is 3.67. The number of para-hydroxylation sites is 1. The predicted molar refractivity (Wildman–Crippen MR) is 85.0 cm³/mol. The summed E-state index contributed by atoms with van der Waals surface area (Å²) >= 11 is 0. The summed E-state index contributed by atoms with van der Waals surface area (Å²) < 4.78 is 5.69. The van der Waals surface area contributed by atoms with Gasteiger partial charge in [-0.2, -0.15) is 0 Å². The van der Waals surface area contributed by atoms with E-state index >= 15 is 0 Å². The van der Waals surface area contributed by atoms with Crippen LogP contribution in [0.5, 0.6) is 5.75 Å². The van der Waals surface area contributed by atoms with Gasteiger partial charge in [0.05, 0.1) is 0 Å². The summed E-state index contributed by atoms with van der Waals surface area (Å²) in [5.41, 5.74) is 2.10. The van der Waals surface area contributed by atoms with Crippen molar-refractivity contribution in [1.82, 2.24) is 10.3 Å². The molecule has 22 heavy (non-hydrogen) atoms. The lowest BCUT2D eigenvalue weighted by atomic mass is 10.1. The molecule has 0 aliphatic carbocycles. The van der Waals surface area contributed by atoms with Gasteiger partial charge in [0.25, 0.3) is 5.91 Å². The number of benzene rings is 1. The number of carbonyl (C=O) groups is 1. The van der Waals surface area contributed by atoms with Crippen LogP contribution in [-0.2, 0) is 17.8 Å². The summed E-state index contributed by atoms with van der Waals surface area (Å²) in [5, 5.41) is 2.93. The summed E-state index contributed by atoms with van der Waals surface area (Å²) in [6.07, 6.45) is 1.94. The van der Waals surface area contributed by atoms with E-state index in [9.17, 15) is 4.79 Å². The van der Waals surface area contributed by atoms with Crippen molar-refractivity contribution in [3.05, 3.63) is 53.7 Å². The fourth-order valence-electron chi connectivity index (χ4n) is 2.45. The number of rotatable bonds is 4. The number of anilines is 1. The van der Waals surface area contributed by atoms with Crippen molar-refractivity contribution in [2.75, 3.05) is 19.0 Å². The van der Waals surface area contributed by atoms with E-state index in [1.165, 1.54) is 0 Å². The molecule has 1 amide bonds. The molecule has 2 aromatic rings. The monoisotopic (exact) mass is 297 g/mol. The van der Waals surface area contributed by atoms with Gasteiger partial charge >= 0.3 is 0 Å². The normalized spacial score (nSPS) is 15.8. The Kier molecular flexibility index (Phi) is 3.96. The summed E-state index contributed by atoms with van der Waals surface area (Å²) in [7, 11) is 3.88. The number of pyridine rings is 1. The summed E-state index contributed by atoms with van der Waals surface area (Å²) in [6, 6.07) is 11.6. The Bertz CT molecular complexity index is 660. The first-order valence-corrected chi connectivity index (χ1v) is 7.28. The molecule has 1 atom stereocenters. The number of hydrogen-bond donors (Lipinski definition) is 1. The SMILES string of the molecule is CN(C)c1cc(CNC(=O)[C@@H]2Cc3ccccc3O2)ccn1. The zero-order chi connectivity index (χ0) is 15.5. The first-order valence-electron chi connectivity index (χ1n) is 7.28. The van der Waals surface area contributed by atoms with Gasteiger partial charge in [-0.05, 0) is 29.3 Å². The smallest absolute Gasteiger partial charge is 0.261 e. The van der Waals surface area contributed by atoms with Gasteiger partial charge in [0.2, 0.25) is 0 Å². The molecule has 1 N–H and O–H groups in total. The summed E-state index contributed by atoms with van der Waals surface area (Å²) in [6.45, 7) is 0.471. The summed E-state index contributed by atoms with van der Waals surface area (Å²) in [4.78, 5) is 18.4. The molecule has 1 aromatic carbocycles. The highest BCUT2D eigenvalue weighted by atomic mass is 16.5. The number of ether oxygens (including phenoxy) is 1. The van der Waals surface area contributed by atoms with Gasteiger partial charge in [-0.25, -0.2) is 4.98 Å². The van der Waals surface area contributed by atoms with Crippen LogP contribution in [0.2, 0.25) is 0 Å². The van der Waals surface area contributed by atoms with Crippen LogP contribution in [0.4, 0.5) is 5.82 Å². The van der Waals surface area contributed by atoms with Gasteiger partial charge in [0.15, 0.2) is 6.10 Å². The molecular weight excluding hydrogens is 278 g/mol. The fraction of sp³-hybridized carbons (Fsp3) is 0.294. The van der Waals surface area contributed by atoms with Crippen LogP contribution in [0, 0.1) is 0 Å². The van der Waals surface area contributed by atoms with E-state index < -0.39 is 6.10 Å². The number of carbonyl (C=O) groups excluding carboxylic acids is 1. The number of hydrogen-bond acceptors (Lipinski definition) is 4. The average molecular weight is 297 g/mol. The molecule has 1 aromatic heterocycles. The molecule has 0 saturated carbocycles. The minimum atomic E-state index is -0.437. The molecule has 0 radical (unpaired) electrons. The highest BCUT2D eigenvalue weighted by molar-refractivity contribution is 5.82. The van der Waals surface area contributed by atoms with E-state index in [0.717, 1.165) is 22.7 Å². The maximum atomic E-state index is 12.2. The van der Waals surface area contributed by atoms with Crippen molar-refractivity contribution in [2.24, 2.45) is 0 Å². The summed E-state index contributed by atoms with van der Waals surface area (Å²) in [5.74, 6) is 1.59. The second-order valence-electron chi connectivity index (χ2n) is 5.55. The zero-order valence-electron chi connectivity index (χ0n) is 12.7. The van der Waals surface area contributed by atoms with E-state index in [1.807, 2.05) is 55.4 Å². The van der Waals surface area contributed by atoms with Crippen LogP contribution in [-0.4, -0.2) is 31.1 Å². The third-order valence-electron chi connectivity index (χ3n) is 3.67. The highest BCUT2D eigenvalue weighted by Crippen LogP contribution is 2.28. The van der Waals surface area contributed by atoms with Gasteiger partial charge in [0, 0.05) is 33.3 Å². The molecule has 0 spiro atoms. The molecule has 0 bridgehead atoms.